The molecule has 10 rings (SSSR count). The highest BCUT2D eigenvalue weighted by Gasteiger charge is 2.42. The smallest absolute Gasteiger partial charge is 0.0712 e. The highest BCUT2D eigenvalue weighted by atomic mass is 15.0. The van der Waals surface area contributed by atoms with Crippen molar-refractivity contribution < 1.29 is 0 Å². The average Bonchev–Trinajstić information content (AvgIpc) is 3.73. The van der Waals surface area contributed by atoms with E-state index in [-0.39, 0.29) is 0 Å². The van der Waals surface area contributed by atoms with Crippen molar-refractivity contribution in [3.8, 4) is 11.4 Å². The fourth-order valence-electron chi connectivity index (χ4n) is 9.58. The van der Waals surface area contributed by atoms with Gasteiger partial charge in [0.05, 0.1) is 27.5 Å². The van der Waals surface area contributed by atoms with E-state index in [1.54, 1.807) is 0 Å². The number of hydrogen-bond acceptors (Lipinski definition) is 0. The van der Waals surface area contributed by atoms with E-state index in [1.165, 1.54) is 88.1 Å². The minimum absolute atomic E-state index is 0.565. The monoisotopic (exact) mass is 706 g/mol. The van der Waals surface area contributed by atoms with Gasteiger partial charge < -0.3 is 9.13 Å². The number of aryl methyl sites for hydroxylation is 4. The number of fused-ring (bicyclic) bond motifs is 6. The third-order valence-corrected chi connectivity index (χ3v) is 12.0. The Kier molecular flexibility index (Phi) is 7.64. The fraction of sp³-hybridized carbons (Fsp3) is 0.0943. The maximum atomic E-state index is 2.48. The molecule has 0 saturated heterocycles. The summed E-state index contributed by atoms with van der Waals surface area (Å²) in [5, 5.41) is 5.02. The Bertz CT molecular complexity index is 2930. The lowest BCUT2D eigenvalue weighted by atomic mass is 9.61. The fourth-order valence-corrected chi connectivity index (χ4v) is 9.58. The molecule has 0 unspecified atom stereocenters. The molecule has 0 N–H and O–H groups in total. The van der Waals surface area contributed by atoms with Crippen molar-refractivity contribution in [3.63, 3.8) is 0 Å². The van der Waals surface area contributed by atoms with E-state index in [0.29, 0.717) is 0 Å². The summed E-state index contributed by atoms with van der Waals surface area (Å²) in [5.74, 6) is 0. The van der Waals surface area contributed by atoms with E-state index in [1.807, 2.05) is 0 Å². The molecule has 264 valence electrons. The van der Waals surface area contributed by atoms with E-state index in [4.69, 9.17) is 0 Å². The highest BCUT2D eigenvalue weighted by Crippen LogP contribution is 2.50. The van der Waals surface area contributed by atoms with Crippen LogP contribution in [-0.4, -0.2) is 9.13 Å². The molecule has 2 heterocycles. The Morgan fingerprint density at radius 1 is 0.291 bits per heavy atom. The number of nitrogens with zero attached hydrogens (tertiary/aromatic N) is 2. The Morgan fingerprint density at radius 3 is 1.11 bits per heavy atom. The SMILES string of the molecule is Cc1ccccc1C(c1ccccc1C)(c1ccccc1C)c1cc(-n2c3ccccc3c3cc(-n4c5ccccc5c5ccccc54)ccc32)ccc1C. The highest BCUT2D eigenvalue weighted by molar-refractivity contribution is 6.12. The van der Waals surface area contributed by atoms with Crippen molar-refractivity contribution in [2.24, 2.45) is 0 Å². The summed E-state index contributed by atoms with van der Waals surface area (Å²) in [6, 6.07) is 67.4. The first-order valence-electron chi connectivity index (χ1n) is 19.3. The molecule has 8 aromatic carbocycles. The standard InChI is InChI=1S/C53H42N2/c1-35-17-5-11-23-45(35)53(46-24-12-6-18-36(46)2,47-25-13-7-19-37(47)3)48-34-40(30-29-38(48)4)55-51-28-16-10-22-43(51)44-33-39(31-32-52(44)55)54-49-26-14-8-20-41(49)42-21-9-15-27-50(42)54/h5-34H,1-4H3. The first kappa shape index (κ1) is 33.0. The third kappa shape index (κ3) is 4.88. The number of benzene rings is 8. The molecule has 0 spiro atoms. The molecule has 0 bridgehead atoms. The molecule has 10 aromatic rings. The lowest BCUT2D eigenvalue weighted by molar-refractivity contribution is 0.719. The zero-order valence-corrected chi connectivity index (χ0v) is 31.7. The molecule has 0 aliphatic rings. The molecule has 0 amide bonds. The van der Waals surface area contributed by atoms with Crippen LogP contribution in [0.5, 0.6) is 0 Å². The van der Waals surface area contributed by atoms with Crippen molar-refractivity contribution in [2.45, 2.75) is 33.1 Å². The van der Waals surface area contributed by atoms with Crippen LogP contribution in [-0.2, 0) is 5.41 Å². The maximum absolute atomic E-state index is 2.48. The van der Waals surface area contributed by atoms with Gasteiger partial charge in [0.1, 0.15) is 0 Å². The minimum Gasteiger partial charge on any atom is -0.309 e. The third-order valence-electron chi connectivity index (χ3n) is 12.0. The lowest BCUT2D eigenvalue weighted by Crippen LogP contribution is -2.34. The largest absolute Gasteiger partial charge is 0.309 e. The molecule has 55 heavy (non-hydrogen) atoms. The van der Waals surface area contributed by atoms with E-state index in [9.17, 15) is 0 Å². The van der Waals surface area contributed by atoms with Crippen molar-refractivity contribution >= 4 is 43.6 Å². The van der Waals surface area contributed by atoms with Gasteiger partial charge in [-0.05, 0) is 121 Å². The van der Waals surface area contributed by atoms with E-state index < -0.39 is 5.41 Å². The maximum Gasteiger partial charge on any atom is 0.0712 e. The molecule has 0 aliphatic carbocycles. The number of aromatic nitrogens is 2. The topological polar surface area (TPSA) is 9.86 Å². The van der Waals surface area contributed by atoms with Gasteiger partial charge in [0, 0.05) is 32.9 Å². The van der Waals surface area contributed by atoms with Crippen molar-refractivity contribution in [1.82, 2.24) is 9.13 Å². The van der Waals surface area contributed by atoms with Crippen LogP contribution < -0.4 is 0 Å². The molecule has 0 saturated carbocycles. The second kappa shape index (κ2) is 12.7. The molecule has 0 radical (unpaired) electrons. The van der Waals surface area contributed by atoms with E-state index in [0.717, 1.165) is 11.4 Å². The first-order valence-corrected chi connectivity index (χ1v) is 19.3. The lowest BCUT2D eigenvalue weighted by Gasteiger charge is -2.41. The Labute approximate surface area is 322 Å². The van der Waals surface area contributed by atoms with Crippen molar-refractivity contribution in [1.29, 1.82) is 0 Å². The summed E-state index contributed by atoms with van der Waals surface area (Å²) in [7, 11) is 0. The van der Waals surface area contributed by atoms with Crippen LogP contribution in [0.2, 0.25) is 0 Å². The zero-order valence-electron chi connectivity index (χ0n) is 31.7. The van der Waals surface area contributed by atoms with E-state index >= 15 is 0 Å². The van der Waals surface area contributed by atoms with Gasteiger partial charge in [0.25, 0.3) is 0 Å². The Morgan fingerprint density at radius 2 is 0.636 bits per heavy atom. The molecule has 0 atom stereocenters. The Balaban J connectivity index is 1.28. The molecule has 0 aliphatic heterocycles. The van der Waals surface area contributed by atoms with Crippen LogP contribution >= 0.6 is 0 Å². The molecule has 2 heteroatoms. The van der Waals surface area contributed by atoms with Gasteiger partial charge in [0.15, 0.2) is 0 Å². The summed E-state index contributed by atoms with van der Waals surface area (Å²) in [5.41, 5.74) is 16.8. The normalized spacial score (nSPS) is 12.0. The van der Waals surface area contributed by atoms with Gasteiger partial charge in [-0.1, -0.05) is 133 Å². The zero-order chi connectivity index (χ0) is 37.3. The second-order valence-electron chi connectivity index (χ2n) is 15.1. The number of hydrogen-bond donors (Lipinski definition) is 0. The van der Waals surface area contributed by atoms with E-state index in [2.05, 4.69) is 219 Å². The second-order valence-corrected chi connectivity index (χ2v) is 15.1. The predicted octanol–water partition coefficient (Wildman–Crippen LogP) is 13.5. The van der Waals surface area contributed by atoms with Gasteiger partial charge in [0.2, 0.25) is 0 Å². The summed E-state index contributed by atoms with van der Waals surface area (Å²) in [6.45, 7) is 9.08. The number of para-hydroxylation sites is 3. The van der Waals surface area contributed by atoms with Crippen molar-refractivity contribution in [3.05, 3.63) is 226 Å². The van der Waals surface area contributed by atoms with Gasteiger partial charge >= 0.3 is 0 Å². The van der Waals surface area contributed by atoms with Crippen LogP contribution in [0.25, 0.3) is 55.0 Å². The van der Waals surface area contributed by atoms with Crippen LogP contribution in [0.1, 0.15) is 44.5 Å². The summed E-state index contributed by atoms with van der Waals surface area (Å²) in [6.07, 6.45) is 0. The van der Waals surface area contributed by atoms with Crippen molar-refractivity contribution in [2.75, 3.05) is 0 Å². The van der Waals surface area contributed by atoms with Crippen LogP contribution in [0.3, 0.4) is 0 Å². The quantitative estimate of drug-likeness (QED) is 0.152. The summed E-state index contributed by atoms with van der Waals surface area (Å²) >= 11 is 0. The number of rotatable bonds is 6. The molecule has 0 fully saturated rings. The summed E-state index contributed by atoms with van der Waals surface area (Å²) < 4.78 is 4.89. The van der Waals surface area contributed by atoms with Crippen LogP contribution in [0.4, 0.5) is 0 Å². The van der Waals surface area contributed by atoms with Crippen LogP contribution in [0, 0.1) is 27.7 Å². The predicted molar refractivity (Wildman–Crippen MR) is 232 cm³/mol. The van der Waals surface area contributed by atoms with Gasteiger partial charge in [-0.15, -0.1) is 0 Å². The molecule has 2 nitrogen and oxygen atoms in total. The summed E-state index contributed by atoms with van der Waals surface area (Å²) in [4.78, 5) is 0. The molecular formula is C53H42N2. The van der Waals surface area contributed by atoms with Crippen LogP contribution in [0.15, 0.2) is 182 Å². The first-order chi connectivity index (χ1) is 27.0. The molecule has 2 aromatic heterocycles. The average molecular weight is 707 g/mol. The Hall–Kier alpha value is -6.64. The van der Waals surface area contributed by atoms with Gasteiger partial charge in [-0.25, -0.2) is 0 Å². The van der Waals surface area contributed by atoms with Gasteiger partial charge in [-0.3, -0.25) is 0 Å². The van der Waals surface area contributed by atoms with Gasteiger partial charge in [-0.2, -0.15) is 0 Å². The molecular weight excluding hydrogens is 665 g/mol. The minimum atomic E-state index is -0.565.